The molecule has 0 amide bonds. The molecule has 2 N–H and O–H groups in total. The van der Waals surface area contributed by atoms with Crippen LogP contribution < -0.4 is 10.1 Å². The van der Waals surface area contributed by atoms with Crippen LogP contribution in [0, 0.1) is 0 Å². The van der Waals surface area contributed by atoms with Gasteiger partial charge in [-0.1, -0.05) is 36.4 Å². The van der Waals surface area contributed by atoms with E-state index >= 15 is 0 Å². The van der Waals surface area contributed by atoms with Crippen molar-refractivity contribution in [2.24, 2.45) is 0 Å². The summed E-state index contributed by atoms with van der Waals surface area (Å²) in [5.74, 6) is -0.943. The maximum Gasteiger partial charge on any atom is 0.390 e. The SMILES string of the molecule is O=S(=O)(CCC(F)(F)F)c1cccc(OCC(O)CNC2COC3(CCN(S(=O)(=O)c4ccc5ccccc5c4)CC3)C2)c1. The minimum Gasteiger partial charge on any atom is -0.491 e. The third-order valence-corrected chi connectivity index (χ3v) is 11.7. The molecule has 44 heavy (non-hydrogen) atoms. The predicted molar refractivity (Wildman–Crippen MR) is 158 cm³/mol. The third-order valence-electron chi connectivity index (χ3n) is 8.10. The summed E-state index contributed by atoms with van der Waals surface area (Å²) in [5.41, 5.74) is -0.452. The summed E-state index contributed by atoms with van der Waals surface area (Å²) < 4.78 is 102. The van der Waals surface area contributed by atoms with E-state index in [0.29, 0.717) is 39.0 Å². The number of nitrogens with zero attached hydrogens (tertiary/aromatic N) is 1. The van der Waals surface area contributed by atoms with E-state index < -0.39 is 49.9 Å². The molecule has 14 heteroatoms. The lowest BCUT2D eigenvalue weighted by Crippen LogP contribution is -2.47. The van der Waals surface area contributed by atoms with E-state index in [2.05, 4.69) is 5.32 Å². The fourth-order valence-electron chi connectivity index (χ4n) is 5.61. The average Bonchev–Trinajstić information content (AvgIpc) is 3.39. The second kappa shape index (κ2) is 12.9. The molecule has 0 radical (unpaired) electrons. The number of aliphatic hydroxyl groups excluding tert-OH is 1. The summed E-state index contributed by atoms with van der Waals surface area (Å²) in [6, 6.07) is 17.9. The zero-order chi connectivity index (χ0) is 31.6. The van der Waals surface area contributed by atoms with Crippen molar-refractivity contribution >= 4 is 30.6 Å². The second-order valence-corrected chi connectivity index (χ2v) is 15.4. The molecule has 2 heterocycles. The van der Waals surface area contributed by atoms with Crippen LogP contribution in [0.4, 0.5) is 13.2 Å². The zero-order valence-corrected chi connectivity index (χ0v) is 25.5. The Morgan fingerprint density at radius 2 is 1.70 bits per heavy atom. The lowest BCUT2D eigenvalue weighted by molar-refractivity contribution is -0.129. The Balaban J connectivity index is 1.07. The molecule has 5 rings (SSSR count). The van der Waals surface area contributed by atoms with Gasteiger partial charge in [0.15, 0.2) is 9.84 Å². The number of nitrogens with one attached hydrogen (secondary N) is 1. The van der Waals surface area contributed by atoms with Gasteiger partial charge in [0, 0.05) is 25.7 Å². The molecule has 2 fully saturated rings. The number of hydrogen-bond acceptors (Lipinski definition) is 8. The van der Waals surface area contributed by atoms with Crippen LogP contribution in [0.15, 0.2) is 76.5 Å². The summed E-state index contributed by atoms with van der Waals surface area (Å²) in [6.45, 7) is 1.07. The molecule has 3 aromatic rings. The van der Waals surface area contributed by atoms with Gasteiger partial charge in [0.25, 0.3) is 0 Å². The monoisotopic (exact) mass is 656 g/mol. The van der Waals surface area contributed by atoms with Gasteiger partial charge >= 0.3 is 6.18 Å². The number of piperidine rings is 1. The lowest BCUT2D eigenvalue weighted by Gasteiger charge is -2.38. The zero-order valence-electron chi connectivity index (χ0n) is 23.9. The van der Waals surface area contributed by atoms with Crippen molar-refractivity contribution in [3.05, 3.63) is 66.7 Å². The predicted octanol–water partition coefficient (Wildman–Crippen LogP) is 3.91. The van der Waals surface area contributed by atoms with Crippen molar-refractivity contribution in [1.82, 2.24) is 9.62 Å². The van der Waals surface area contributed by atoms with E-state index in [9.17, 15) is 35.1 Å². The van der Waals surface area contributed by atoms with Crippen molar-refractivity contribution in [1.29, 1.82) is 0 Å². The number of sulfonamides is 1. The number of aliphatic hydroxyl groups is 1. The molecule has 2 atom stereocenters. The van der Waals surface area contributed by atoms with E-state index in [1.54, 1.807) is 12.1 Å². The number of benzene rings is 3. The normalized spacial score (nSPS) is 20.2. The molecule has 2 unspecified atom stereocenters. The van der Waals surface area contributed by atoms with E-state index in [1.807, 2.05) is 30.3 Å². The molecule has 1 spiro atoms. The van der Waals surface area contributed by atoms with Crippen molar-refractivity contribution in [3.63, 3.8) is 0 Å². The summed E-state index contributed by atoms with van der Waals surface area (Å²) in [7, 11) is -7.80. The Hall–Kier alpha value is -2.75. The minimum absolute atomic E-state index is 0.0598. The molecule has 9 nitrogen and oxygen atoms in total. The van der Waals surface area contributed by atoms with Crippen LogP contribution >= 0.6 is 0 Å². The van der Waals surface area contributed by atoms with Gasteiger partial charge in [-0.05, 0) is 60.4 Å². The minimum atomic E-state index is -4.58. The van der Waals surface area contributed by atoms with E-state index in [0.717, 1.165) is 16.8 Å². The van der Waals surface area contributed by atoms with Crippen LogP contribution in [0.25, 0.3) is 10.8 Å². The van der Waals surface area contributed by atoms with Gasteiger partial charge in [0.1, 0.15) is 18.5 Å². The number of rotatable bonds is 11. The highest BCUT2D eigenvalue weighted by atomic mass is 32.2. The van der Waals surface area contributed by atoms with Gasteiger partial charge in [-0.15, -0.1) is 0 Å². The Labute approximate surface area is 254 Å². The summed E-state index contributed by atoms with van der Waals surface area (Å²) in [5, 5.41) is 15.5. The fraction of sp³-hybridized carbons (Fsp3) is 0.467. The number of sulfone groups is 1. The van der Waals surface area contributed by atoms with Crippen LogP contribution in [0.1, 0.15) is 25.7 Å². The molecule has 2 saturated heterocycles. The van der Waals surface area contributed by atoms with Crippen molar-refractivity contribution < 1.29 is 44.6 Å². The molecule has 2 aliphatic rings. The van der Waals surface area contributed by atoms with Crippen LogP contribution in [0.3, 0.4) is 0 Å². The standard InChI is InChI=1S/C30H35F3N2O7S2/c31-30(32,33)12-15-43(37,38)27-7-3-6-26(17-27)41-21-25(36)19-34-24-18-29(42-20-24)10-13-35(14-11-29)44(39,40)28-9-8-22-4-1-2-5-23(22)16-28/h1-9,16-17,24-25,34,36H,10-15,18-21H2. The number of alkyl halides is 3. The maximum absolute atomic E-state index is 13.3. The molecule has 0 bridgehead atoms. The first-order valence-corrected chi connectivity index (χ1v) is 17.4. The van der Waals surface area contributed by atoms with Crippen molar-refractivity contribution in [2.75, 3.05) is 38.6 Å². The molecular formula is C30H35F3N2O7S2. The first-order chi connectivity index (χ1) is 20.7. The highest BCUT2D eigenvalue weighted by molar-refractivity contribution is 7.91. The Bertz CT molecular complexity index is 1680. The van der Waals surface area contributed by atoms with Crippen LogP contribution in [-0.2, 0) is 24.6 Å². The van der Waals surface area contributed by atoms with Gasteiger partial charge in [0.2, 0.25) is 10.0 Å². The Morgan fingerprint density at radius 1 is 0.977 bits per heavy atom. The number of hydrogen-bond donors (Lipinski definition) is 2. The first kappa shape index (κ1) is 32.6. The quantitative estimate of drug-likeness (QED) is 0.319. The highest BCUT2D eigenvalue weighted by Gasteiger charge is 2.44. The van der Waals surface area contributed by atoms with Gasteiger partial charge < -0.3 is 19.9 Å². The molecule has 3 aromatic carbocycles. The van der Waals surface area contributed by atoms with Crippen LogP contribution in [0.5, 0.6) is 5.75 Å². The number of ether oxygens (including phenoxy) is 2. The van der Waals surface area contributed by atoms with Crippen LogP contribution in [-0.4, -0.2) is 88.8 Å². The van der Waals surface area contributed by atoms with Gasteiger partial charge in [0.05, 0.1) is 34.2 Å². The largest absolute Gasteiger partial charge is 0.491 e. The number of fused-ring (bicyclic) bond motifs is 1. The van der Waals surface area contributed by atoms with Crippen LogP contribution in [0.2, 0.25) is 0 Å². The summed E-state index contributed by atoms with van der Waals surface area (Å²) >= 11 is 0. The first-order valence-electron chi connectivity index (χ1n) is 14.3. The van der Waals surface area contributed by atoms with Crippen molar-refractivity contribution in [3.8, 4) is 5.75 Å². The highest BCUT2D eigenvalue weighted by Crippen LogP contribution is 2.37. The average molecular weight is 657 g/mol. The summed E-state index contributed by atoms with van der Waals surface area (Å²) in [6.07, 6.45) is -5.23. The van der Waals surface area contributed by atoms with E-state index in [-0.39, 0.29) is 34.7 Å². The van der Waals surface area contributed by atoms with E-state index in [4.69, 9.17) is 9.47 Å². The molecule has 2 aliphatic heterocycles. The molecule has 0 aliphatic carbocycles. The maximum atomic E-state index is 13.3. The molecule has 240 valence electrons. The topological polar surface area (TPSA) is 122 Å². The van der Waals surface area contributed by atoms with Crippen molar-refractivity contribution in [2.45, 2.75) is 59.4 Å². The molecule has 0 saturated carbocycles. The molecule has 0 aromatic heterocycles. The van der Waals surface area contributed by atoms with Gasteiger partial charge in [-0.3, -0.25) is 0 Å². The Morgan fingerprint density at radius 3 is 2.43 bits per heavy atom. The Kier molecular flexibility index (Phi) is 9.59. The number of halogens is 3. The molecular weight excluding hydrogens is 621 g/mol. The second-order valence-electron chi connectivity index (χ2n) is 11.3. The third kappa shape index (κ3) is 7.90. The fourth-order valence-corrected chi connectivity index (χ4v) is 8.41. The van der Waals surface area contributed by atoms with Gasteiger partial charge in [-0.2, -0.15) is 17.5 Å². The summed E-state index contributed by atoms with van der Waals surface area (Å²) in [4.78, 5) is -0.0126. The van der Waals surface area contributed by atoms with E-state index in [1.165, 1.54) is 22.5 Å². The lowest BCUT2D eigenvalue weighted by atomic mass is 9.88. The smallest absolute Gasteiger partial charge is 0.390 e. The van der Waals surface area contributed by atoms with Gasteiger partial charge in [-0.25, -0.2) is 16.8 Å².